The fourth-order valence-electron chi connectivity index (χ4n) is 1.83. The van der Waals surface area contributed by atoms with Crippen LogP contribution < -0.4 is 5.40 Å². The lowest BCUT2D eigenvalue weighted by atomic mass is 9.88. The summed E-state index contributed by atoms with van der Waals surface area (Å²) >= 11 is 0. The molecular weight excluding hydrogens is 509 g/mol. The van der Waals surface area contributed by atoms with Gasteiger partial charge in [0.2, 0.25) is 0 Å². The van der Waals surface area contributed by atoms with Gasteiger partial charge < -0.3 is 5.40 Å². The fourth-order valence-corrected chi connectivity index (χ4v) is 2.79. The second kappa shape index (κ2) is 7.51. The summed E-state index contributed by atoms with van der Waals surface area (Å²) in [5.41, 5.74) is 0. The van der Waals surface area contributed by atoms with E-state index in [4.69, 9.17) is 5.40 Å². The number of nitrogens with two attached hydrogens (primary N) is 1. The number of halogens is 17. The van der Waals surface area contributed by atoms with Crippen LogP contribution >= 0.6 is 0 Å². The molecule has 0 spiro atoms. The smallest absolute Gasteiger partial charge is 0.351 e. The van der Waals surface area contributed by atoms with Crippen molar-refractivity contribution >= 4 is 8.24 Å². The third-order valence-corrected chi connectivity index (χ3v) is 5.41. The minimum Gasteiger partial charge on any atom is -0.351 e. The van der Waals surface area contributed by atoms with Crippen LogP contribution in [-0.4, -0.2) is 55.9 Å². The standard InChI is InChI=1S/C12H12F17NSi/c1-31(2,30)4-3-5(13,14)6(15,16)7(17,18)8(19,20)9(21,22)10(23,24)11(25,26)12(27,28)29/h3-4,30H2,1-2H3. The Kier molecular flexibility index (Phi) is 7.26. The highest BCUT2D eigenvalue weighted by Crippen LogP contribution is 2.64. The summed E-state index contributed by atoms with van der Waals surface area (Å²) < 4.78 is 221. The van der Waals surface area contributed by atoms with Gasteiger partial charge in [-0.15, -0.1) is 0 Å². The van der Waals surface area contributed by atoms with Crippen molar-refractivity contribution in [1.29, 1.82) is 0 Å². The van der Waals surface area contributed by atoms with Gasteiger partial charge in [-0.05, 0) is 6.04 Å². The van der Waals surface area contributed by atoms with E-state index < -0.39 is 68.3 Å². The molecule has 19 heteroatoms. The largest absolute Gasteiger partial charge is 0.460 e. The van der Waals surface area contributed by atoms with Gasteiger partial charge in [-0.2, -0.15) is 74.6 Å². The molecule has 0 heterocycles. The number of hydrogen-bond acceptors (Lipinski definition) is 1. The molecule has 0 fully saturated rings. The van der Waals surface area contributed by atoms with E-state index in [-0.39, 0.29) is 0 Å². The summed E-state index contributed by atoms with van der Waals surface area (Å²) in [6.45, 7) is 1.95. The van der Waals surface area contributed by atoms with E-state index in [1.165, 1.54) is 0 Å². The van der Waals surface area contributed by atoms with Gasteiger partial charge in [-0.3, -0.25) is 0 Å². The normalized spacial score (nSPS) is 16.6. The first kappa shape index (κ1) is 30.0. The summed E-state index contributed by atoms with van der Waals surface area (Å²) in [7, 11) is -3.30. The van der Waals surface area contributed by atoms with Gasteiger partial charge in [0.15, 0.2) is 0 Å². The van der Waals surface area contributed by atoms with E-state index >= 15 is 0 Å². The minimum atomic E-state index is -8.59. The second-order valence-electron chi connectivity index (χ2n) is 7.14. The van der Waals surface area contributed by atoms with Gasteiger partial charge in [0.25, 0.3) is 0 Å². The molecule has 1 nitrogen and oxygen atoms in total. The Bertz CT molecular complexity index is 644. The maximum atomic E-state index is 13.5. The van der Waals surface area contributed by atoms with Crippen LogP contribution in [0.15, 0.2) is 0 Å². The van der Waals surface area contributed by atoms with Crippen molar-refractivity contribution in [3.05, 3.63) is 0 Å². The van der Waals surface area contributed by atoms with Gasteiger partial charge in [-0.25, -0.2) is 0 Å². The number of alkyl halides is 17. The van der Waals surface area contributed by atoms with E-state index in [1.54, 1.807) is 0 Å². The Labute approximate surface area is 162 Å². The predicted octanol–water partition coefficient (Wildman–Crippen LogP) is 6.55. The monoisotopic (exact) mass is 521 g/mol. The van der Waals surface area contributed by atoms with Gasteiger partial charge in [0.05, 0.1) is 0 Å². The molecule has 0 rings (SSSR count). The van der Waals surface area contributed by atoms with E-state index in [0.717, 1.165) is 13.1 Å². The molecule has 0 aliphatic carbocycles. The molecule has 0 aliphatic rings. The quantitative estimate of drug-likeness (QED) is 0.270. The number of rotatable bonds is 9. The zero-order valence-corrected chi connectivity index (χ0v) is 15.9. The van der Waals surface area contributed by atoms with Gasteiger partial charge in [-0.1, -0.05) is 13.1 Å². The molecule has 0 aliphatic heterocycles. The third kappa shape index (κ3) is 4.44. The first-order chi connectivity index (χ1) is 13.0. The minimum absolute atomic E-state index is 0.974. The molecular formula is C12H12F17NSi. The highest BCUT2D eigenvalue weighted by atomic mass is 28.3. The molecule has 0 aromatic carbocycles. The molecule has 0 radical (unpaired) electrons. The van der Waals surface area contributed by atoms with Crippen molar-refractivity contribution < 1.29 is 74.6 Å². The lowest BCUT2D eigenvalue weighted by molar-refractivity contribution is -0.461. The predicted molar refractivity (Wildman–Crippen MR) is 71.8 cm³/mol. The molecule has 0 amide bonds. The summed E-state index contributed by atoms with van der Waals surface area (Å²) in [6, 6.07) is -1.23. The van der Waals surface area contributed by atoms with Crippen molar-refractivity contribution in [1.82, 2.24) is 0 Å². The van der Waals surface area contributed by atoms with E-state index in [0.29, 0.717) is 0 Å². The zero-order valence-electron chi connectivity index (χ0n) is 14.9. The van der Waals surface area contributed by atoms with Gasteiger partial charge in [0, 0.05) is 6.42 Å². The average molecular weight is 521 g/mol. The Morgan fingerprint density at radius 3 is 1.00 bits per heavy atom. The molecule has 0 saturated heterocycles. The van der Waals surface area contributed by atoms with Crippen LogP contribution in [0.4, 0.5) is 74.6 Å². The van der Waals surface area contributed by atoms with E-state index in [1.807, 2.05) is 0 Å². The first-order valence-electron chi connectivity index (χ1n) is 7.46. The zero-order chi connectivity index (χ0) is 25.9. The molecule has 0 bridgehead atoms. The van der Waals surface area contributed by atoms with Crippen LogP contribution in [-0.2, 0) is 0 Å². The van der Waals surface area contributed by atoms with Crippen LogP contribution in [0.25, 0.3) is 0 Å². The lowest BCUT2D eigenvalue weighted by Gasteiger charge is -2.43. The Hall–Kier alpha value is -1.01. The van der Waals surface area contributed by atoms with Crippen molar-refractivity contribution in [2.24, 2.45) is 5.40 Å². The van der Waals surface area contributed by atoms with Gasteiger partial charge >= 0.3 is 47.6 Å². The Balaban J connectivity index is 6.56. The highest BCUT2D eigenvalue weighted by Gasteiger charge is 2.95. The Morgan fingerprint density at radius 1 is 0.484 bits per heavy atom. The second-order valence-corrected chi connectivity index (χ2v) is 11.6. The molecule has 188 valence electrons. The summed E-state index contributed by atoms with van der Waals surface area (Å²) in [4.78, 5) is 0. The molecule has 0 atom stereocenters. The van der Waals surface area contributed by atoms with Gasteiger partial charge in [0.1, 0.15) is 8.24 Å². The third-order valence-electron chi connectivity index (χ3n) is 3.87. The van der Waals surface area contributed by atoms with Crippen molar-refractivity contribution in [3.63, 3.8) is 0 Å². The topological polar surface area (TPSA) is 26.0 Å². The molecule has 0 aromatic rings. The fraction of sp³-hybridized carbons (Fsp3) is 1.00. The van der Waals surface area contributed by atoms with Crippen LogP contribution in [0.3, 0.4) is 0 Å². The van der Waals surface area contributed by atoms with Crippen LogP contribution in [0, 0.1) is 0 Å². The molecule has 0 aromatic heterocycles. The average Bonchev–Trinajstić information content (AvgIpc) is 2.50. The highest BCUT2D eigenvalue weighted by molar-refractivity contribution is 6.74. The summed E-state index contributed by atoms with van der Waals surface area (Å²) in [6.07, 6.45) is -10.2. The van der Waals surface area contributed by atoms with Crippen LogP contribution in [0.2, 0.25) is 19.1 Å². The van der Waals surface area contributed by atoms with E-state index in [2.05, 4.69) is 0 Å². The molecule has 31 heavy (non-hydrogen) atoms. The van der Waals surface area contributed by atoms with Crippen molar-refractivity contribution in [2.45, 2.75) is 73.2 Å². The maximum absolute atomic E-state index is 13.5. The SMILES string of the molecule is C[Si](C)(N)CCC(F)(F)C(F)(F)C(F)(F)C(F)(F)C(F)(F)C(F)(F)C(F)(F)C(F)(F)F. The summed E-state index contributed by atoms with van der Waals surface area (Å²) in [5, 5.41) is 5.21. The first-order valence-corrected chi connectivity index (χ1v) is 10.7. The molecule has 0 saturated carbocycles. The van der Waals surface area contributed by atoms with Crippen LogP contribution in [0.1, 0.15) is 6.42 Å². The van der Waals surface area contributed by atoms with E-state index in [9.17, 15) is 74.6 Å². The maximum Gasteiger partial charge on any atom is 0.460 e. The molecule has 0 unspecified atom stereocenters. The number of hydrogen-bond donors (Lipinski definition) is 1. The molecule has 2 N–H and O–H groups in total. The van der Waals surface area contributed by atoms with Crippen LogP contribution in [0.5, 0.6) is 0 Å². The summed E-state index contributed by atoms with van der Waals surface area (Å²) in [5.74, 6) is -55.9. The lowest BCUT2D eigenvalue weighted by Crippen LogP contribution is -2.74. The van der Waals surface area contributed by atoms with Crippen molar-refractivity contribution in [3.8, 4) is 0 Å². The van der Waals surface area contributed by atoms with Crippen molar-refractivity contribution in [2.75, 3.05) is 0 Å². The Morgan fingerprint density at radius 2 is 0.742 bits per heavy atom.